The van der Waals surface area contributed by atoms with E-state index in [0.717, 1.165) is 11.3 Å². The summed E-state index contributed by atoms with van der Waals surface area (Å²) in [5, 5.41) is 3.22. The lowest BCUT2D eigenvalue weighted by atomic mass is 10.3. The van der Waals surface area contributed by atoms with Crippen LogP contribution in [-0.4, -0.2) is 19.4 Å². The maximum atomic E-state index is 12.1. The van der Waals surface area contributed by atoms with Crippen molar-refractivity contribution in [3.63, 3.8) is 0 Å². The molecule has 0 saturated carbocycles. The van der Waals surface area contributed by atoms with Crippen molar-refractivity contribution >= 4 is 10.0 Å². The zero-order valence-electron chi connectivity index (χ0n) is 11.5. The Hall–Kier alpha value is -1.57. The molecule has 2 heterocycles. The highest BCUT2D eigenvalue weighted by molar-refractivity contribution is 7.89. The summed E-state index contributed by atoms with van der Waals surface area (Å²) in [7, 11) is -3.50. The molecule has 0 aliphatic heterocycles. The molecule has 2 aromatic heterocycles. The number of nitrogens with one attached hydrogen (secondary N) is 3. The highest BCUT2D eigenvalue weighted by atomic mass is 32.2. The molecule has 0 unspecified atom stereocenters. The molecule has 0 spiro atoms. The van der Waals surface area contributed by atoms with Crippen LogP contribution in [0.4, 0.5) is 0 Å². The van der Waals surface area contributed by atoms with Crippen LogP contribution in [-0.2, 0) is 23.1 Å². The number of sulfonamides is 1. The van der Waals surface area contributed by atoms with Gasteiger partial charge in [0, 0.05) is 36.6 Å². The molecule has 0 aliphatic rings. The van der Waals surface area contributed by atoms with Crippen LogP contribution in [0.2, 0.25) is 0 Å². The van der Waals surface area contributed by atoms with E-state index in [4.69, 9.17) is 4.42 Å². The van der Waals surface area contributed by atoms with E-state index in [2.05, 4.69) is 15.0 Å². The first-order chi connectivity index (χ1) is 9.47. The van der Waals surface area contributed by atoms with Crippen molar-refractivity contribution in [1.82, 2.24) is 15.0 Å². The van der Waals surface area contributed by atoms with Crippen LogP contribution < -0.4 is 10.0 Å². The average molecular weight is 297 g/mol. The Morgan fingerprint density at radius 2 is 2.15 bits per heavy atom. The smallest absolute Gasteiger partial charge is 0.242 e. The monoisotopic (exact) mass is 297 g/mol. The van der Waals surface area contributed by atoms with Crippen LogP contribution >= 0.6 is 0 Å². The first-order valence-corrected chi connectivity index (χ1v) is 7.87. The fraction of sp³-hybridized carbons (Fsp3) is 0.385. The Morgan fingerprint density at radius 3 is 2.80 bits per heavy atom. The molecule has 0 radical (unpaired) electrons. The number of aromatic nitrogens is 1. The molecule has 2 rings (SSSR count). The van der Waals surface area contributed by atoms with Gasteiger partial charge in [0.2, 0.25) is 10.0 Å². The summed E-state index contributed by atoms with van der Waals surface area (Å²) in [6.45, 7) is 4.89. The molecular formula is C13H19N3O3S. The largest absolute Gasteiger partial charge is 0.472 e. The van der Waals surface area contributed by atoms with Crippen LogP contribution in [0.3, 0.4) is 0 Å². The van der Waals surface area contributed by atoms with Gasteiger partial charge in [0.25, 0.3) is 0 Å². The van der Waals surface area contributed by atoms with Crippen molar-refractivity contribution in [3.8, 4) is 0 Å². The Morgan fingerprint density at radius 1 is 1.35 bits per heavy atom. The SMILES string of the molecule is CC(C)NCc1cc(S(=O)(=O)NCc2ccoc2)c[nH]1. The molecule has 6 nitrogen and oxygen atoms in total. The van der Waals surface area contributed by atoms with E-state index in [1.165, 1.54) is 18.7 Å². The van der Waals surface area contributed by atoms with Gasteiger partial charge in [-0.05, 0) is 12.1 Å². The predicted molar refractivity (Wildman–Crippen MR) is 75.5 cm³/mol. The zero-order valence-corrected chi connectivity index (χ0v) is 12.3. The number of H-pyrrole nitrogens is 1. The van der Waals surface area contributed by atoms with Gasteiger partial charge in [0.1, 0.15) is 0 Å². The van der Waals surface area contributed by atoms with Gasteiger partial charge >= 0.3 is 0 Å². The number of aromatic amines is 1. The first kappa shape index (κ1) is 14.8. The third-order valence-corrected chi connectivity index (χ3v) is 4.15. The number of hydrogen-bond acceptors (Lipinski definition) is 4. The fourth-order valence-electron chi connectivity index (χ4n) is 1.65. The van der Waals surface area contributed by atoms with E-state index in [0.29, 0.717) is 12.6 Å². The molecule has 2 aromatic rings. The maximum absolute atomic E-state index is 12.1. The van der Waals surface area contributed by atoms with E-state index in [1.807, 2.05) is 13.8 Å². The molecule has 0 aromatic carbocycles. The molecule has 0 bridgehead atoms. The summed E-state index contributed by atoms with van der Waals surface area (Å²) in [6, 6.07) is 3.70. The van der Waals surface area contributed by atoms with Gasteiger partial charge in [-0.15, -0.1) is 0 Å². The van der Waals surface area contributed by atoms with Crippen LogP contribution in [0.5, 0.6) is 0 Å². The van der Waals surface area contributed by atoms with Gasteiger partial charge in [0.15, 0.2) is 0 Å². The van der Waals surface area contributed by atoms with Crippen molar-refractivity contribution in [3.05, 3.63) is 42.1 Å². The molecule has 0 fully saturated rings. The van der Waals surface area contributed by atoms with Crippen LogP contribution in [0.25, 0.3) is 0 Å². The van der Waals surface area contributed by atoms with Crippen molar-refractivity contribution in [2.45, 2.75) is 37.9 Å². The number of hydrogen-bond donors (Lipinski definition) is 3. The van der Waals surface area contributed by atoms with Gasteiger partial charge in [-0.3, -0.25) is 0 Å². The van der Waals surface area contributed by atoms with Crippen molar-refractivity contribution in [2.24, 2.45) is 0 Å². The predicted octanol–water partition coefficient (Wildman–Crippen LogP) is 1.58. The third kappa shape index (κ3) is 3.96. The molecule has 110 valence electrons. The Labute approximate surface area is 118 Å². The van der Waals surface area contributed by atoms with Crippen LogP contribution in [0.15, 0.2) is 40.2 Å². The third-order valence-electron chi connectivity index (χ3n) is 2.77. The normalized spacial score (nSPS) is 12.2. The number of rotatable bonds is 7. The van der Waals surface area contributed by atoms with E-state index in [9.17, 15) is 8.42 Å². The van der Waals surface area contributed by atoms with Crippen molar-refractivity contribution in [2.75, 3.05) is 0 Å². The summed E-state index contributed by atoms with van der Waals surface area (Å²) in [5.41, 5.74) is 1.62. The van der Waals surface area contributed by atoms with Crippen molar-refractivity contribution in [1.29, 1.82) is 0 Å². The van der Waals surface area contributed by atoms with E-state index in [1.54, 1.807) is 12.1 Å². The molecule has 0 atom stereocenters. The lowest BCUT2D eigenvalue weighted by molar-refractivity contribution is 0.561. The second kappa shape index (κ2) is 6.25. The highest BCUT2D eigenvalue weighted by Crippen LogP contribution is 2.11. The minimum Gasteiger partial charge on any atom is -0.472 e. The topological polar surface area (TPSA) is 87.1 Å². The lowest BCUT2D eigenvalue weighted by Gasteiger charge is -2.05. The van der Waals surface area contributed by atoms with Crippen LogP contribution in [0, 0.1) is 0 Å². The average Bonchev–Trinajstić information content (AvgIpc) is 3.05. The van der Waals surface area contributed by atoms with Gasteiger partial charge in [-0.2, -0.15) is 0 Å². The summed E-state index contributed by atoms with van der Waals surface area (Å²) in [6.07, 6.45) is 4.52. The quantitative estimate of drug-likeness (QED) is 0.724. The summed E-state index contributed by atoms with van der Waals surface area (Å²) >= 11 is 0. The molecule has 0 amide bonds. The first-order valence-electron chi connectivity index (χ1n) is 6.39. The minimum absolute atomic E-state index is 0.212. The second-order valence-electron chi connectivity index (χ2n) is 4.85. The summed E-state index contributed by atoms with van der Waals surface area (Å²) in [5.74, 6) is 0. The number of furan rings is 1. The maximum Gasteiger partial charge on any atom is 0.242 e. The lowest BCUT2D eigenvalue weighted by Crippen LogP contribution is -2.23. The van der Waals surface area contributed by atoms with Crippen molar-refractivity contribution < 1.29 is 12.8 Å². The molecule has 0 aliphatic carbocycles. The highest BCUT2D eigenvalue weighted by Gasteiger charge is 2.16. The van der Waals surface area contributed by atoms with E-state index < -0.39 is 10.0 Å². The summed E-state index contributed by atoms with van der Waals surface area (Å²) in [4.78, 5) is 3.20. The Bertz CT molecular complexity index is 630. The van der Waals surface area contributed by atoms with Gasteiger partial charge in [0.05, 0.1) is 17.4 Å². The molecule has 7 heteroatoms. The minimum atomic E-state index is -3.50. The Kier molecular flexibility index (Phi) is 4.64. The fourth-order valence-corrected chi connectivity index (χ4v) is 2.68. The van der Waals surface area contributed by atoms with Gasteiger partial charge < -0.3 is 14.7 Å². The molecule has 0 saturated heterocycles. The van der Waals surface area contributed by atoms with E-state index in [-0.39, 0.29) is 11.4 Å². The van der Waals surface area contributed by atoms with Gasteiger partial charge in [-0.25, -0.2) is 13.1 Å². The Balaban J connectivity index is 1.98. The summed E-state index contributed by atoms with van der Waals surface area (Å²) < 4.78 is 31.6. The standard InChI is InChI=1S/C13H19N3O3S/c1-10(2)14-7-12-5-13(8-15-12)20(17,18)16-6-11-3-4-19-9-11/h3-5,8-10,14-16H,6-7H2,1-2H3. The zero-order chi connectivity index (χ0) is 14.6. The molecule has 3 N–H and O–H groups in total. The molecule has 20 heavy (non-hydrogen) atoms. The van der Waals surface area contributed by atoms with Gasteiger partial charge in [-0.1, -0.05) is 13.8 Å². The second-order valence-corrected chi connectivity index (χ2v) is 6.62. The molecular weight excluding hydrogens is 278 g/mol. The van der Waals surface area contributed by atoms with Crippen LogP contribution in [0.1, 0.15) is 25.1 Å². The van der Waals surface area contributed by atoms with E-state index >= 15 is 0 Å².